The van der Waals surface area contributed by atoms with E-state index in [2.05, 4.69) is 15.6 Å². The maximum Gasteiger partial charge on any atom is 0.226 e. The van der Waals surface area contributed by atoms with Gasteiger partial charge in [0.25, 0.3) is 0 Å². The van der Waals surface area contributed by atoms with Crippen molar-refractivity contribution >= 4 is 5.91 Å². The highest BCUT2D eigenvalue weighted by molar-refractivity contribution is 5.79. The van der Waals surface area contributed by atoms with Crippen LogP contribution in [0.4, 0.5) is 0 Å². The Bertz CT molecular complexity index is 965. The number of aryl methyl sites for hydroxylation is 1. The Hall–Kier alpha value is -3.13. The molecular weight excluding hydrogens is 360 g/mol. The number of hydrogen-bond donors (Lipinski definition) is 1. The highest BCUT2D eigenvalue weighted by Gasteiger charge is 2.37. The summed E-state index contributed by atoms with van der Waals surface area (Å²) in [4.78, 5) is 12.8. The number of benzene rings is 1. The molecule has 3 aromatic rings. The molecule has 0 unspecified atom stereocenters. The lowest BCUT2D eigenvalue weighted by atomic mass is 9.97. The van der Waals surface area contributed by atoms with Crippen LogP contribution in [0.15, 0.2) is 47.1 Å². The topological polar surface area (TPSA) is 91.4 Å². The number of methoxy groups -OCH3 is 1. The number of aromatic nitrogens is 3. The number of carbonyl (C=O) groups excluding carboxylic acids is 1. The zero-order chi connectivity index (χ0) is 19.5. The van der Waals surface area contributed by atoms with Crippen molar-refractivity contribution in [3.05, 3.63) is 59.7 Å². The third-order valence-electron chi connectivity index (χ3n) is 4.82. The number of para-hydroxylation sites is 2. The third-order valence-corrected chi connectivity index (χ3v) is 4.82. The SMILES string of the molecule is COc1ccccc1-n1nccc1[C@H]1OCC[C@@H]1C(=O)NCc1cc(C)no1. The zero-order valence-electron chi connectivity index (χ0n) is 15.8. The minimum absolute atomic E-state index is 0.0793. The van der Waals surface area contributed by atoms with Crippen molar-refractivity contribution in [2.75, 3.05) is 13.7 Å². The Labute approximate surface area is 162 Å². The predicted octanol–water partition coefficient (Wildman–Crippen LogP) is 2.57. The molecule has 28 heavy (non-hydrogen) atoms. The molecule has 4 rings (SSSR count). The molecule has 0 radical (unpaired) electrons. The van der Waals surface area contributed by atoms with E-state index in [1.807, 2.05) is 37.3 Å². The molecule has 1 aromatic carbocycles. The number of ether oxygens (including phenoxy) is 2. The maximum atomic E-state index is 12.8. The number of amides is 1. The Kier molecular flexibility index (Phi) is 5.12. The summed E-state index contributed by atoms with van der Waals surface area (Å²) in [5.74, 6) is 0.936. The summed E-state index contributed by atoms with van der Waals surface area (Å²) in [6.07, 6.45) is 1.96. The Morgan fingerprint density at radius 1 is 1.36 bits per heavy atom. The van der Waals surface area contributed by atoms with Crippen molar-refractivity contribution in [1.82, 2.24) is 20.3 Å². The van der Waals surface area contributed by atoms with Crippen molar-refractivity contribution in [2.45, 2.75) is 26.0 Å². The van der Waals surface area contributed by atoms with Gasteiger partial charge >= 0.3 is 0 Å². The van der Waals surface area contributed by atoms with Gasteiger partial charge in [0.05, 0.1) is 31.0 Å². The lowest BCUT2D eigenvalue weighted by molar-refractivity contribution is -0.127. The first kappa shape index (κ1) is 18.2. The summed E-state index contributed by atoms with van der Waals surface area (Å²) in [5.41, 5.74) is 2.40. The molecule has 0 bridgehead atoms. The summed E-state index contributed by atoms with van der Waals surface area (Å²) in [7, 11) is 1.62. The molecule has 1 fully saturated rings. The molecule has 1 aliphatic heterocycles. The number of carbonyl (C=O) groups is 1. The summed E-state index contributed by atoms with van der Waals surface area (Å²) in [6.45, 7) is 2.66. The summed E-state index contributed by atoms with van der Waals surface area (Å²) >= 11 is 0. The van der Waals surface area contributed by atoms with Crippen molar-refractivity contribution < 1.29 is 18.8 Å². The van der Waals surface area contributed by atoms with Crippen molar-refractivity contribution in [2.24, 2.45) is 5.92 Å². The third kappa shape index (κ3) is 3.50. The molecule has 1 N–H and O–H groups in total. The van der Waals surface area contributed by atoms with Gasteiger partial charge in [-0.15, -0.1) is 0 Å². The van der Waals surface area contributed by atoms with Gasteiger partial charge < -0.3 is 19.3 Å². The standard InChI is InChI=1S/C20H22N4O4/c1-13-11-14(28-23-13)12-21-20(25)15-8-10-27-19(15)17-7-9-22-24(17)16-5-3-4-6-18(16)26-2/h3-7,9,11,15,19H,8,10,12H2,1-2H3,(H,21,25)/t15-,19-/m0/s1. The lowest BCUT2D eigenvalue weighted by Gasteiger charge is -2.20. The second kappa shape index (κ2) is 7.85. The van der Waals surface area contributed by atoms with Crippen LogP contribution in [-0.4, -0.2) is 34.6 Å². The van der Waals surface area contributed by atoms with Gasteiger partial charge in [-0.3, -0.25) is 4.79 Å². The Balaban J connectivity index is 1.54. The van der Waals surface area contributed by atoms with E-state index >= 15 is 0 Å². The number of nitrogens with one attached hydrogen (secondary N) is 1. The molecule has 146 valence electrons. The fourth-order valence-electron chi connectivity index (χ4n) is 3.49. The van der Waals surface area contributed by atoms with E-state index < -0.39 is 0 Å². The molecule has 2 atom stereocenters. The van der Waals surface area contributed by atoms with Crippen LogP contribution in [0.5, 0.6) is 5.75 Å². The van der Waals surface area contributed by atoms with E-state index in [1.165, 1.54) is 0 Å². The number of hydrogen-bond acceptors (Lipinski definition) is 6. The summed E-state index contributed by atoms with van der Waals surface area (Å²) in [5, 5.41) is 11.2. The Morgan fingerprint density at radius 3 is 3.00 bits per heavy atom. The monoisotopic (exact) mass is 382 g/mol. The average Bonchev–Trinajstić information content (AvgIpc) is 3.45. The molecule has 0 aliphatic carbocycles. The van der Waals surface area contributed by atoms with Crippen molar-refractivity contribution in [3.8, 4) is 11.4 Å². The van der Waals surface area contributed by atoms with Crippen LogP contribution >= 0.6 is 0 Å². The second-order valence-corrected chi connectivity index (χ2v) is 6.68. The van der Waals surface area contributed by atoms with E-state index in [0.717, 1.165) is 17.1 Å². The van der Waals surface area contributed by atoms with E-state index in [4.69, 9.17) is 14.0 Å². The largest absolute Gasteiger partial charge is 0.494 e. The van der Waals surface area contributed by atoms with Crippen molar-refractivity contribution in [3.63, 3.8) is 0 Å². The molecule has 1 aliphatic rings. The summed E-state index contributed by atoms with van der Waals surface area (Å²) in [6, 6.07) is 11.3. The van der Waals surface area contributed by atoms with Crippen LogP contribution in [-0.2, 0) is 16.1 Å². The first-order chi connectivity index (χ1) is 13.7. The first-order valence-corrected chi connectivity index (χ1v) is 9.16. The fraction of sp³-hybridized carbons (Fsp3) is 0.350. The van der Waals surface area contributed by atoms with E-state index in [1.54, 1.807) is 24.1 Å². The van der Waals surface area contributed by atoms with Crippen molar-refractivity contribution in [1.29, 1.82) is 0 Å². The fourth-order valence-corrected chi connectivity index (χ4v) is 3.49. The van der Waals surface area contributed by atoms with Gasteiger partial charge in [0.2, 0.25) is 5.91 Å². The van der Waals surface area contributed by atoms with Crippen LogP contribution < -0.4 is 10.1 Å². The number of rotatable bonds is 6. The first-order valence-electron chi connectivity index (χ1n) is 9.16. The van der Waals surface area contributed by atoms with Crippen LogP contribution in [0.3, 0.4) is 0 Å². The quantitative estimate of drug-likeness (QED) is 0.705. The molecule has 1 amide bonds. The van der Waals surface area contributed by atoms with Crippen LogP contribution in [0.25, 0.3) is 5.69 Å². The van der Waals surface area contributed by atoms with Gasteiger partial charge in [-0.05, 0) is 31.5 Å². The number of nitrogens with zero attached hydrogens (tertiary/aromatic N) is 3. The highest BCUT2D eigenvalue weighted by Crippen LogP contribution is 2.36. The molecule has 3 heterocycles. The predicted molar refractivity (Wildman–Crippen MR) is 100 cm³/mol. The van der Waals surface area contributed by atoms with E-state index in [-0.39, 0.29) is 17.9 Å². The lowest BCUT2D eigenvalue weighted by Crippen LogP contribution is -2.32. The normalized spacial score (nSPS) is 18.9. The van der Waals surface area contributed by atoms with Gasteiger partial charge in [-0.2, -0.15) is 5.10 Å². The van der Waals surface area contributed by atoms with Gasteiger partial charge in [0.15, 0.2) is 5.76 Å². The van der Waals surface area contributed by atoms with E-state index in [9.17, 15) is 4.79 Å². The van der Waals surface area contributed by atoms with Gasteiger partial charge in [-0.25, -0.2) is 4.68 Å². The van der Waals surface area contributed by atoms with Crippen LogP contribution in [0.2, 0.25) is 0 Å². The average molecular weight is 382 g/mol. The molecule has 0 saturated carbocycles. The van der Waals surface area contributed by atoms with Gasteiger partial charge in [-0.1, -0.05) is 17.3 Å². The van der Waals surface area contributed by atoms with Gasteiger partial charge in [0, 0.05) is 18.9 Å². The van der Waals surface area contributed by atoms with E-state index in [0.29, 0.717) is 31.1 Å². The maximum absolute atomic E-state index is 12.8. The molecule has 8 nitrogen and oxygen atoms in total. The minimum Gasteiger partial charge on any atom is -0.494 e. The summed E-state index contributed by atoms with van der Waals surface area (Å²) < 4.78 is 18.3. The highest BCUT2D eigenvalue weighted by atomic mass is 16.5. The molecule has 0 spiro atoms. The van der Waals surface area contributed by atoms with Gasteiger partial charge in [0.1, 0.15) is 17.5 Å². The van der Waals surface area contributed by atoms with Crippen LogP contribution in [0.1, 0.15) is 29.7 Å². The molecule has 1 saturated heterocycles. The molecule has 8 heteroatoms. The second-order valence-electron chi connectivity index (χ2n) is 6.68. The Morgan fingerprint density at radius 2 is 2.21 bits per heavy atom. The smallest absolute Gasteiger partial charge is 0.226 e. The molecular formula is C20H22N4O4. The minimum atomic E-state index is -0.385. The molecule has 2 aromatic heterocycles. The van der Waals surface area contributed by atoms with Crippen LogP contribution in [0, 0.1) is 12.8 Å². The zero-order valence-corrected chi connectivity index (χ0v) is 15.8.